The lowest BCUT2D eigenvalue weighted by molar-refractivity contribution is 0.0959. The molecule has 0 radical (unpaired) electrons. The highest BCUT2D eigenvalue weighted by molar-refractivity contribution is 4.80. The van der Waals surface area contributed by atoms with E-state index >= 15 is 0 Å². The molecule has 1 fully saturated rings. The number of likely N-dealkylation sites (N-methyl/N-ethyl adjacent to an activating group) is 1. The number of nitrogens with zero attached hydrogens (tertiary/aromatic N) is 2. The van der Waals surface area contributed by atoms with Crippen molar-refractivity contribution in [1.82, 2.24) is 15.1 Å². The zero-order chi connectivity index (χ0) is 12.8. The molecule has 1 aliphatic heterocycles. The molecule has 0 aromatic carbocycles. The van der Waals surface area contributed by atoms with E-state index in [9.17, 15) is 0 Å². The van der Waals surface area contributed by atoms with Crippen molar-refractivity contribution < 1.29 is 0 Å². The first kappa shape index (κ1) is 14.9. The summed E-state index contributed by atoms with van der Waals surface area (Å²) < 4.78 is 0. The molecule has 0 bridgehead atoms. The Balaban J connectivity index is 2.33. The fourth-order valence-corrected chi connectivity index (χ4v) is 2.58. The summed E-state index contributed by atoms with van der Waals surface area (Å²) in [6.07, 6.45) is 1.26. The molecule has 0 spiro atoms. The van der Waals surface area contributed by atoms with Gasteiger partial charge in [0.2, 0.25) is 0 Å². The van der Waals surface area contributed by atoms with Gasteiger partial charge in [-0.3, -0.25) is 9.80 Å². The Morgan fingerprint density at radius 3 is 2.06 bits per heavy atom. The third-order valence-corrected chi connectivity index (χ3v) is 4.29. The number of hydrogen-bond acceptors (Lipinski definition) is 3. The first-order chi connectivity index (χ1) is 8.08. The largest absolute Gasteiger partial charge is 0.315 e. The van der Waals surface area contributed by atoms with E-state index in [4.69, 9.17) is 0 Å². The summed E-state index contributed by atoms with van der Waals surface area (Å²) >= 11 is 0. The van der Waals surface area contributed by atoms with Crippen LogP contribution in [0.15, 0.2) is 0 Å². The fraction of sp³-hybridized carbons (Fsp3) is 1.00. The molecule has 0 aromatic heterocycles. The molecule has 1 heterocycles. The van der Waals surface area contributed by atoms with Gasteiger partial charge in [0.15, 0.2) is 0 Å². The maximum Gasteiger partial charge on any atom is 0.0217 e. The molecule has 102 valence electrons. The Bertz CT molecular complexity index is 198. The smallest absolute Gasteiger partial charge is 0.0217 e. The van der Waals surface area contributed by atoms with Gasteiger partial charge in [0.25, 0.3) is 0 Å². The lowest BCUT2D eigenvalue weighted by Gasteiger charge is -2.39. The SMILES string of the molecule is CCC(C)C(CN1CCN(C(C)C)CC1)NC. The van der Waals surface area contributed by atoms with E-state index in [0.717, 1.165) is 5.92 Å². The molecule has 1 saturated heterocycles. The molecule has 17 heavy (non-hydrogen) atoms. The van der Waals surface area contributed by atoms with Gasteiger partial charge in [0.1, 0.15) is 0 Å². The average molecular weight is 241 g/mol. The van der Waals surface area contributed by atoms with Crippen molar-refractivity contribution in [3.05, 3.63) is 0 Å². The van der Waals surface area contributed by atoms with Crippen LogP contribution in [0.4, 0.5) is 0 Å². The predicted octanol–water partition coefficient (Wildman–Crippen LogP) is 1.65. The van der Waals surface area contributed by atoms with Crippen LogP contribution in [0.25, 0.3) is 0 Å². The van der Waals surface area contributed by atoms with Gasteiger partial charge in [-0.1, -0.05) is 20.3 Å². The Labute approximate surface area is 108 Å². The van der Waals surface area contributed by atoms with Gasteiger partial charge in [-0.25, -0.2) is 0 Å². The van der Waals surface area contributed by atoms with Gasteiger partial charge >= 0.3 is 0 Å². The number of rotatable bonds is 6. The number of hydrogen-bond donors (Lipinski definition) is 1. The fourth-order valence-electron chi connectivity index (χ4n) is 2.58. The van der Waals surface area contributed by atoms with Crippen LogP contribution >= 0.6 is 0 Å². The molecule has 3 nitrogen and oxygen atoms in total. The molecule has 0 aromatic rings. The normalized spacial score (nSPS) is 22.9. The topological polar surface area (TPSA) is 18.5 Å². The second-order valence-electron chi connectivity index (χ2n) is 5.71. The van der Waals surface area contributed by atoms with Crippen molar-refractivity contribution in [3.63, 3.8) is 0 Å². The third kappa shape index (κ3) is 4.57. The van der Waals surface area contributed by atoms with Crippen molar-refractivity contribution in [2.45, 2.75) is 46.2 Å². The molecule has 1 N–H and O–H groups in total. The van der Waals surface area contributed by atoms with Crippen LogP contribution < -0.4 is 5.32 Å². The summed E-state index contributed by atoms with van der Waals surface area (Å²) in [6, 6.07) is 1.34. The van der Waals surface area contributed by atoms with Crippen LogP contribution in [0.5, 0.6) is 0 Å². The van der Waals surface area contributed by atoms with Crippen molar-refractivity contribution >= 4 is 0 Å². The van der Waals surface area contributed by atoms with Crippen LogP contribution in [-0.4, -0.2) is 61.7 Å². The highest BCUT2D eigenvalue weighted by atomic mass is 15.3. The second kappa shape index (κ2) is 7.34. The van der Waals surface area contributed by atoms with E-state index in [1.807, 2.05) is 0 Å². The van der Waals surface area contributed by atoms with E-state index in [1.165, 1.54) is 39.1 Å². The molecule has 2 atom stereocenters. The van der Waals surface area contributed by atoms with E-state index in [2.05, 4.69) is 49.9 Å². The van der Waals surface area contributed by atoms with E-state index in [1.54, 1.807) is 0 Å². The summed E-state index contributed by atoms with van der Waals surface area (Å²) in [4.78, 5) is 5.19. The summed E-state index contributed by atoms with van der Waals surface area (Å²) in [5.74, 6) is 0.767. The van der Waals surface area contributed by atoms with Gasteiger partial charge in [0, 0.05) is 44.8 Å². The molecule has 0 aliphatic carbocycles. The maximum atomic E-state index is 3.48. The van der Waals surface area contributed by atoms with E-state index in [0.29, 0.717) is 12.1 Å². The average Bonchev–Trinajstić information content (AvgIpc) is 2.35. The maximum absolute atomic E-state index is 3.48. The zero-order valence-electron chi connectivity index (χ0n) is 12.4. The van der Waals surface area contributed by atoms with E-state index < -0.39 is 0 Å². The minimum Gasteiger partial charge on any atom is -0.315 e. The second-order valence-corrected chi connectivity index (χ2v) is 5.71. The van der Waals surface area contributed by atoms with Crippen molar-refractivity contribution in [2.75, 3.05) is 39.8 Å². The molecular formula is C14H31N3. The standard InChI is InChI=1S/C14H31N3/c1-6-13(4)14(15-5)11-16-7-9-17(10-8-16)12(2)3/h12-15H,6-11H2,1-5H3. The van der Waals surface area contributed by atoms with Gasteiger partial charge in [-0.15, -0.1) is 0 Å². The molecule has 2 unspecified atom stereocenters. The van der Waals surface area contributed by atoms with Crippen molar-refractivity contribution in [2.24, 2.45) is 5.92 Å². The highest BCUT2D eigenvalue weighted by Crippen LogP contribution is 2.11. The monoisotopic (exact) mass is 241 g/mol. The lowest BCUT2D eigenvalue weighted by atomic mass is 9.98. The van der Waals surface area contributed by atoms with Crippen molar-refractivity contribution in [3.8, 4) is 0 Å². The minimum absolute atomic E-state index is 0.644. The molecule has 1 rings (SSSR count). The van der Waals surface area contributed by atoms with Gasteiger partial charge in [-0.05, 0) is 26.8 Å². The number of nitrogens with one attached hydrogen (secondary N) is 1. The molecule has 3 heteroatoms. The molecule has 1 aliphatic rings. The summed E-state index contributed by atoms with van der Waals surface area (Å²) in [7, 11) is 2.10. The molecule has 0 saturated carbocycles. The molecular weight excluding hydrogens is 210 g/mol. The lowest BCUT2D eigenvalue weighted by Crippen LogP contribution is -2.52. The number of piperazine rings is 1. The third-order valence-electron chi connectivity index (χ3n) is 4.29. The first-order valence-electron chi connectivity index (χ1n) is 7.22. The Kier molecular flexibility index (Phi) is 6.45. The minimum atomic E-state index is 0.644. The summed E-state index contributed by atoms with van der Waals surface area (Å²) in [5.41, 5.74) is 0. The summed E-state index contributed by atoms with van der Waals surface area (Å²) in [5, 5.41) is 3.48. The van der Waals surface area contributed by atoms with Crippen LogP contribution in [-0.2, 0) is 0 Å². The highest BCUT2D eigenvalue weighted by Gasteiger charge is 2.22. The van der Waals surface area contributed by atoms with Crippen LogP contribution in [0.1, 0.15) is 34.1 Å². The van der Waals surface area contributed by atoms with E-state index in [-0.39, 0.29) is 0 Å². The Morgan fingerprint density at radius 2 is 1.65 bits per heavy atom. The van der Waals surface area contributed by atoms with Crippen LogP contribution in [0, 0.1) is 5.92 Å². The van der Waals surface area contributed by atoms with Gasteiger partial charge in [-0.2, -0.15) is 0 Å². The van der Waals surface area contributed by atoms with Gasteiger partial charge in [0.05, 0.1) is 0 Å². The Morgan fingerprint density at radius 1 is 1.06 bits per heavy atom. The van der Waals surface area contributed by atoms with Crippen molar-refractivity contribution in [1.29, 1.82) is 0 Å². The van der Waals surface area contributed by atoms with Gasteiger partial charge < -0.3 is 5.32 Å². The quantitative estimate of drug-likeness (QED) is 0.763. The first-order valence-corrected chi connectivity index (χ1v) is 7.22. The molecule has 0 amide bonds. The predicted molar refractivity (Wildman–Crippen MR) is 75.5 cm³/mol. The van der Waals surface area contributed by atoms with Crippen LogP contribution in [0.2, 0.25) is 0 Å². The summed E-state index contributed by atoms with van der Waals surface area (Å²) in [6.45, 7) is 15.4. The zero-order valence-corrected chi connectivity index (χ0v) is 12.4. The Hall–Kier alpha value is -0.120. The van der Waals surface area contributed by atoms with Crippen LogP contribution in [0.3, 0.4) is 0 Å².